The average Bonchev–Trinajstić information content (AvgIpc) is 2.64. The fourth-order valence-electron chi connectivity index (χ4n) is 3.03. The highest BCUT2D eigenvalue weighted by molar-refractivity contribution is 7.89. The van der Waals surface area contributed by atoms with Crippen LogP contribution in [0.3, 0.4) is 0 Å². The van der Waals surface area contributed by atoms with Gasteiger partial charge in [0.1, 0.15) is 0 Å². The van der Waals surface area contributed by atoms with Crippen molar-refractivity contribution in [2.24, 2.45) is 0 Å². The second-order valence-corrected chi connectivity index (χ2v) is 8.72. The second kappa shape index (κ2) is 7.78. The molecular weight excluding hydrogens is 372 g/mol. The van der Waals surface area contributed by atoms with Crippen LogP contribution < -0.4 is 5.32 Å². The molecule has 0 unspecified atom stereocenters. The van der Waals surface area contributed by atoms with Crippen LogP contribution in [0.2, 0.25) is 5.02 Å². The SMILES string of the molecule is Cc1cc(S(=O)(=O)N2CCCCC2)ccc1NC(=O)c1ccccc1Cl. The van der Waals surface area contributed by atoms with Crippen molar-refractivity contribution in [3.05, 3.63) is 58.6 Å². The van der Waals surface area contributed by atoms with Gasteiger partial charge in [-0.05, 0) is 55.7 Å². The molecule has 2 aromatic carbocycles. The number of hydrogen-bond donors (Lipinski definition) is 1. The minimum absolute atomic E-state index is 0.257. The Labute approximate surface area is 159 Å². The minimum Gasteiger partial charge on any atom is -0.322 e. The van der Waals surface area contributed by atoms with Gasteiger partial charge >= 0.3 is 0 Å². The van der Waals surface area contributed by atoms with Crippen LogP contribution >= 0.6 is 11.6 Å². The monoisotopic (exact) mass is 392 g/mol. The van der Waals surface area contributed by atoms with Crippen molar-refractivity contribution >= 4 is 33.2 Å². The maximum absolute atomic E-state index is 12.8. The molecule has 0 bridgehead atoms. The van der Waals surface area contributed by atoms with Crippen LogP contribution in [0.25, 0.3) is 0 Å². The topological polar surface area (TPSA) is 66.5 Å². The number of piperidine rings is 1. The molecule has 1 amide bonds. The highest BCUT2D eigenvalue weighted by Crippen LogP contribution is 2.25. The first-order chi connectivity index (χ1) is 12.4. The van der Waals surface area contributed by atoms with Gasteiger partial charge in [0.2, 0.25) is 10.0 Å². The normalized spacial score (nSPS) is 15.6. The van der Waals surface area contributed by atoms with Crippen LogP contribution in [0, 0.1) is 6.92 Å². The van der Waals surface area contributed by atoms with Crippen molar-refractivity contribution in [1.29, 1.82) is 0 Å². The van der Waals surface area contributed by atoms with Gasteiger partial charge in [0, 0.05) is 18.8 Å². The first-order valence-corrected chi connectivity index (χ1v) is 10.4. The third-order valence-electron chi connectivity index (χ3n) is 4.52. The summed E-state index contributed by atoms with van der Waals surface area (Å²) in [6.45, 7) is 2.90. The fraction of sp³-hybridized carbons (Fsp3) is 0.316. The maximum atomic E-state index is 12.8. The Balaban J connectivity index is 1.81. The molecule has 2 aromatic rings. The lowest BCUT2D eigenvalue weighted by Crippen LogP contribution is -2.35. The summed E-state index contributed by atoms with van der Waals surface area (Å²) in [6, 6.07) is 11.6. The first kappa shape index (κ1) is 18.9. The highest BCUT2D eigenvalue weighted by Gasteiger charge is 2.26. The number of amides is 1. The van der Waals surface area contributed by atoms with E-state index in [0.29, 0.717) is 34.9 Å². The Hall–Kier alpha value is -1.89. The van der Waals surface area contributed by atoms with Gasteiger partial charge in [-0.25, -0.2) is 8.42 Å². The summed E-state index contributed by atoms with van der Waals surface area (Å²) < 4.78 is 27.1. The largest absolute Gasteiger partial charge is 0.322 e. The molecule has 0 aromatic heterocycles. The van der Waals surface area contributed by atoms with Gasteiger partial charge in [-0.3, -0.25) is 4.79 Å². The summed E-state index contributed by atoms with van der Waals surface area (Å²) in [7, 11) is -3.49. The van der Waals surface area contributed by atoms with Crippen LogP contribution in [0.4, 0.5) is 5.69 Å². The van der Waals surface area contributed by atoms with Crippen molar-refractivity contribution in [1.82, 2.24) is 4.31 Å². The molecule has 7 heteroatoms. The van der Waals surface area contributed by atoms with E-state index < -0.39 is 10.0 Å². The Morgan fingerprint density at radius 3 is 2.42 bits per heavy atom. The third-order valence-corrected chi connectivity index (χ3v) is 6.74. The average molecular weight is 393 g/mol. The van der Waals surface area contributed by atoms with Gasteiger partial charge in [0.15, 0.2) is 0 Å². The number of benzene rings is 2. The van der Waals surface area contributed by atoms with Crippen molar-refractivity contribution in [3.63, 3.8) is 0 Å². The minimum atomic E-state index is -3.49. The Morgan fingerprint density at radius 1 is 1.08 bits per heavy atom. The molecule has 1 aliphatic heterocycles. The molecule has 0 atom stereocenters. The first-order valence-electron chi connectivity index (χ1n) is 8.56. The van der Waals surface area contributed by atoms with E-state index in [4.69, 9.17) is 11.6 Å². The van der Waals surface area contributed by atoms with E-state index in [1.54, 1.807) is 49.4 Å². The van der Waals surface area contributed by atoms with E-state index in [1.165, 1.54) is 4.31 Å². The van der Waals surface area contributed by atoms with Gasteiger partial charge in [-0.15, -0.1) is 0 Å². The van der Waals surface area contributed by atoms with Crippen LogP contribution in [0.1, 0.15) is 35.2 Å². The van der Waals surface area contributed by atoms with Gasteiger partial charge in [0.05, 0.1) is 15.5 Å². The van der Waals surface area contributed by atoms with Gasteiger partial charge in [-0.1, -0.05) is 30.2 Å². The Morgan fingerprint density at radius 2 is 1.77 bits per heavy atom. The molecule has 0 aliphatic carbocycles. The lowest BCUT2D eigenvalue weighted by molar-refractivity contribution is 0.102. The maximum Gasteiger partial charge on any atom is 0.257 e. The van der Waals surface area contributed by atoms with Gasteiger partial charge in [-0.2, -0.15) is 4.31 Å². The van der Waals surface area contributed by atoms with E-state index in [1.807, 2.05) is 0 Å². The summed E-state index contributed by atoms with van der Waals surface area (Å²) in [4.78, 5) is 12.7. The van der Waals surface area contributed by atoms with Crippen molar-refractivity contribution in [3.8, 4) is 0 Å². The summed E-state index contributed by atoms with van der Waals surface area (Å²) >= 11 is 6.05. The summed E-state index contributed by atoms with van der Waals surface area (Å²) in [6.07, 6.45) is 2.85. The molecule has 1 aliphatic rings. The van der Waals surface area contributed by atoms with Crippen LogP contribution in [-0.4, -0.2) is 31.7 Å². The molecule has 0 spiro atoms. The predicted molar refractivity (Wildman–Crippen MR) is 103 cm³/mol. The van der Waals surface area contributed by atoms with Crippen LogP contribution in [0.15, 0.2) is 47.4 Å². The van der Waals surface area contributed by atoms with Crippen molar-refractivity contribution < 1.29 is 13.2 Å². The molecule has 138 valence electrons. The number of hydrogen-bond acceptors (Lipinski definition) is 3. The van der Waals surface area contributed by atoms with Crippen LogP contribution in [0.5, 0.6) is 0 Å². The third kappa shape index (κ3) is 3.92. The van der Waals surface area contributed by atoms with Crippen molar-refractivity contribution in [2.45, 2.75) is 31.1 Å². The molecule has 0 saturated carbocycles. The zero-order chi connectivity index (χ0) is 18.7. The zero-order valence-corrected chi connectivity index (χ0v) is 16.1. The van der Waals surface area contributed by atoms with E-state index in [-0.39, 0.29) is 10.8 Å². The Bertz CT molecular complexity index is 922. The summed E-state index contributed by atoms with van der Waals surface area (Å²) in [5.74, 6) is -0.328. The number of carbonyl (C=O) groups excluding carboxylic acids is 1. The molecule has 1 fully saturated rings. The highest BCUT2D eigenvalue weighted by atomic mass is 35.5. The number of nitrogens with zero attached hydrogens (tertiary/aromatic N) is 1. The number of rotatable bonds is 4. The quantitative estimate of drug-likeness (QED) is 0.852. The van der Waals surface area contributed by atoms with Crippen molar-refractivity contribution in [2.75, 3.05) is 18.4 Å². The standard InChI is InChI=1S/C19H21ClN2O3S/c1-14-13-15(26(24,25)22-11-5-2-6-12-22)9-10-18(14)21-19(23)16-7-3-4-8-17(16)20/h3-4,7-10,13H,2,5-6,11-12H2,1H3,(H,21,23). The van der Waals surface area contributed by atoms with E-state index >= 15 is 0 Å². The fourth-order valence-corrected chi connectivity index (χ4v) is 4.85. The molecule has 3 rings (SSSR count). The van der Waals surface area contributed by atoms with E-state index in [0.717, 1.165) is 19.3 Å². The zero-order valence-electron chi connectivity index (χ0n) is 14.5. The molecule has 1 N–H and O–H groups in total. The van der Waals surface area contributed by atoms with E-state index in [2.05, 4.69) is 5.32 Å². The molecule has 0 radical (unpaired) electrons. The number of anilines is 1. The number of nitrogens with one attached hydrogen (secondary N) is 1. The number of sulfonamides is 1. The summed E-state index contributed by atoms with van der Waals surface area (Å²) in [5, 5.41) is 3.16. The molecule has 5 nitrogen and oxygen atoms in total. The molecule has 1 saturated heterocycles. The predicted octanol–water partition coefficient (Wildman–Crippen LogP) is 4.08. The lowest BCUT2D eigenvalue weighted by atomic mass is 10.1. The smallest absolute Gasteiger partial charge is 0.257 e. The summed E-state index contributed by atoms with van der Waals surface area (Å²) in [5.41, 5.74) is 1.62. The van der Waals surface area contributed by atoms with Gasteiger partial charge in [0.25, 0.3) is 5.91 Å². The van der Waals surface area contributed by atoms with Gasteiger partial charge < -0.3 is 5.32 Å². The molecule has 26 heavy (non-hydrogen) atoms. The lowest BCUT2D eigenvalue weighted by Gasteiger charge is -2.26. The number of aryl methyl sites for hydroxylation is 1. The number of carbonyl (C=O) groups is 1. The Kier molecular flexibility index (Phi) is 5.65. The van der Waals surface area contributed by atoms with E-state index in [9.17, 15) is 13.2 Å². The molecular formula is C19H21ClN2O3S. The second-order valence-electron chi connectivity index (χ2n) is 6.38. The molecule has 1 heterocycles. The van der Waals surface area contributed by atoms with Crippen LogP contribution in [-0.2, 0) is 10.0 Å². The number of halogens is 1.